The van der Waals surface area contributed by atoms with E-state index in [2.05, 4.69) is 36.6 Å². The van der Waals surface area contributed by atoms with E-state index in [0.717, 1.165) is 0 Å². The van der Waals surface area contributed by atoms with Gasteiger partial charge in [-0.3, -0.25) is 0 Å². The molecule has 0 spiro atoms. The molecule has 1 aliphatic carbocycles. The van der Waals surface area contributed by atoms with Gasteiger partial charge in [-0.2, -0.15) is 0 Å². The lowest BCUT2D eigenvalue weighted by atomic mass is 9.99. The van der Waals surface area contributed by atoms with E-state index in [9.17, 15) is 0 Å². The fraction of sp³-hybridized carbons (Fsp3) is 0.385. The number of rotatable bonds is 3. The Morgan fingerprint density at radius 2 is 2.36 bits per heavy atom. The van der Waals surface area contributed by atoms with E-state index < -0.39 is 0 Å². The number of hydrogen-bond acceptors (Lipinski definition) is 1. The largest absolute Gasteiger partial charge is 0.144 e. The first kappa shape index (κ1) is 9.72. The Labute approximate surface area is 90.0 Å². The van der Waals surface area contributed by atoms with Gasteiger partial charge in [0.2, 0.25) is 0 Å². The second kappa shape index (κ2) is 4.61. The molecule has 1 aromatic heterocycles. The van der Waals surface area contributed by atoms with Gasteiger partial charge in [-0.1, -0.05) is 31.6 Å². The lowest BCUT2D eigenvalue weighted by molar-refractivity contribution is 0.921. The molecule has 14 heavy (non-hydrogen) atoms. The van der Waals surface area contributed by atoms with Gasteiger partial charge in [0, 0.05) is 4.88 Å². The minimum Gasteiger partial charge on any atom is -0.144 e. The maximum atomic E-state index is 2.28. The van der Waals surface area contributed by atoms with Crippen molar-refractivity contribution in [1.82, 2.24) is 0 Å². The number of thiophene rings is 1. The molecule has 1 heteroatoms. The molecular formula is C13H16S. The van der Waals surface area contributed by atoms with Gasteiger partial charge in [0.1, 0.15) is 0 Å². The molecule has 1 aliphatic rings. The van der Waals surface area contributed by atoms with Crippen LogP contribution in [0.1, 0.15) is 36.6 Å². The van der Waals surface area contributed by atoms with Gasteiger partial charge in [0.05, 0.1) is 0 Å². The number of allylic oxidation sites excluding steroid dienone is 4. The van der Waals surface area contributed by atoms with Crippen LogP contribution in [-0.4, -0.2) is 0 Å². The van der Waals surface area contributed by atoms with Gasteiger partial charge >= 0.3 is 0 Å². The molecule has 0 aliphatic heterocycles. The average Bonchev–Trinajstić information content (AvgIpc) is 2.68. The van der Waals surface area contributed by atoms with Gasteiger partial charge in [-0.25, -0.2) is 0 Å². The molecule has 0 fully saturated rings. The van der Waals surface area contributed by atoms with Crippen LogP contribution < -0.4 is 0 Å². The van der Waals surface area contributed by atoms with Crippen molar-refractivity contribution >= 4 is 16.9 Å². The van der Waals surface area contributed by atoms with Crippen LogP contribution in [-0.2, 0) is 6.42 Å². The van der Waals surface area contributed by atoms with Crippen LogP contribution in [0.3, 0.4) is 0 Å². The van der Waals surface area contributed by atoms with Crippen molar-refractivity contribution in [2.75, 3.05) is 0 Å². The predicted octanol–water partition coefficient (Wildman–Crippen LogP) is 4.43. The highest BCUT2D eigenvalue weighted by Gasteiger charge is 2.09. The summed E-state index contributed by atoms with van der Waals surface area (Å²) >= 11 is 1.89. The van der Waals surface area contributed by atoms with Crippen molar-refractivity contribution in [3.8, 4) is 0 Å². The SMILES string of the molecule is CCCc1ccsc1C1=CC=CCC1. The van der Waals surface area contributed by atoms with Crippen LogP contribution in [0, 0.1) is 0 Å². The van der Waals surface area contributed by atoms with E-state index in [0.29, 0.717) is 0 Å². The summed E-state index contributed by atoms with van der Waals surface area (Å²) in [6, 6.07) is 2.28. The third kappa shape index (κ3) is 1.98. The summed E-state index contributed by atoms with van der Waals surface area (Å²) < 4.78 is 0. The Bertz CT molecular complexity index is 355. The highest BCUT2D eigenvalue weighted by atomic mass is 32.1. The van der Waals surface area contributed by atoms with E-state index in [1.54, 1.807) is 5.56 Å². The van der Waals surface area contributed by atoms with Crippen molar-refractivity contribution < 1.29 is 0 Å². The van der Waals surface area contributed by atoms with Crippen molar-refractivity contribution in [2.45, 2.75) is 32.6 Å². The molecule has 0 radical (unpaired) electrons. The first-order valence-corrected chi connectivity index (χ1v) is 6.22. The summed E-state index contributed by atoms with van der Waals surface area (Å²) in [5.41, 5.74) is 3.07. The Balaban J connectivity index is 2.26. The highest BCUT2D eigenvalue weighted by molar-refractivity contribution is 7.11. The molecule has 74 valence electrons. The van der Waals surface area contributed by atoms with Gasteiger partial charge in [-0.15, -0.1) is 11.3 Å². The molecule has 1 aromatic rings. The van der Waals surface area contributed by atoms with Gasteiger partial charge in [0.15, 0.2) is 0 Å². The van der Waals surface area contributed by atoms with Crippen LogP contribution in [0.15, 0.2) is 29.7 Å². The normalized spacial score (nSPS) is 15.6. The Morgan fingerprint density at radius 3 is 3.07 bits per heavy atom. The molecule has 0 N–H and O–H groups in total. The van der Waals surface area contributed by atoms with E-state index in [1.807, 2.05) is 11.3 Å². The summed E-state index contributed by atoms with van der Waals surface area (Å²) in [5, 5.41) is 2.22. The third-order valence-corrected chi connectivity index (χ3v) is 3.60. The molecular weight excluding hydrogens is 188 g/mol. The number of aryl methyl sites for hydroxylation is 1. The topological polar surface area (TPSA) is 0 Å². The van der Waals surface area contributed by atoms with Crippen molar-refractivity contribution in [3.63, 3.8) is 0 Å². The molecule has 2 rings (SSSR count). The maximum absolute atomic E-state index is 2.28. The van der Waals surface area contributed by atoms with Crippen LogP contribution in [0.25, 0.3) is 5.57 Å². The average molecular weight is 204 g/mol. The zero-order chi connectivity index (χ0) is 9.80. The lowest BCUT2D eigenvalue weighted by Gasteiger charge is -2.09. The Hall–Kier alpha value is -0.820. The van der Waals surface area contributed by atoms with E-state index in [1.165, 1.54) is 36.1 Å². The fourth-order valence-corrected chi connectivity index (χ4v) is 2.89. The molecule has 0 saturated heterocycles. The number of hydrogen-bond donors (Lipinski definition) is 0. The molecule has 0 unspecified atom stereocenters. The van der Waals surface area contributed by atoms with E-state index >= 15 is 0 Å². The molecule has 1 heterocycles. The standard InChI is InChI=1S/C13H16S/c1-2-6-11-9-10-14-13(11)12-7-4-3-5-8-12/h3-4,7,9-10H,2,5-6,8H2,1H3. The first-order valence-electron chi connectivity index (χ1n) is 5.34. The summed E-state index contributed by atoms with van der Waals surface area (Å²) in [6.45, 7) is 2.25. The van der Waals surface area contributed by atoms with Crippen LogP contribution >= 0.6 is 11.3 Å². The van der Waals surface area contributed by atoms with Crippen LogP contribution in [0.4, 0.5) is 0 Å². The van der Waals surface area contributed by atoms with Gasteiger partial charge in [-0.05, 0) is 41.8 Å². The van der Waals surface area contributed by atoms with Crippen molar-refractivity contribution in [1.29, 1.82) is 0 Å². The van der Waals surface area contributed by atoms with Crippen molar-refractivity contribution in [2.24, 2.45) is 0 Å². The second-order valence-corrected chi connectivity index (χ2v) is 4.60. The van der Waals surface area contributed by atoms with Crippen LogP contribution in [0.5, 0.6) is 0 Å². The molecule has 0 aromatic carbocycles. The zero-order valence-electron chi connectivity index (χ0n) is 8.62. The van der Waals surface area contributed by atoms with Crippen LogP contribution in [0.2, 0.25) is 0 Å². The molecule has 0 bridgehead atoms. The lowest BCUT2D eigenvalue weighted by Crippen LogP contribution is -1.90. The molecule has 0 saturated carbocycles. The fourth-order valence-electron chi connectivity index (χ4n) is 1.88. The predicted molar refractivity (Wildman–Crippen MR) is 64.7 cm³/mol. The van der Waals surface area contributed by atoms with E-state index in [4.69, 9.17) is 0 Å². The highest BCUT2D eigenvalue weighted by Crippen LogP contribution is 2.31. The summed E-state index contributed by atoms with van der Waals surface area (Å²) in [6.07, 6.45) is 11.6. The quantitative estimate of drug-likeness (QED) is 0.683. The summed E-state index contributed by atoms with van der Waals surface area (Å²) in [4.78, 5) is 1.52. The second-order valence-electron chi connectivity index (χ2n) is 3.68. The molecule has 0 amide bonds. The maximum Gasteiger partial charge on any atom is 0.0334 e. The zero-order valence-corrected chi connectivity index (χ0v) is 9.44. The molecule has 0 atom stereocenters. The smallest absolute Gasteiger partial charge is 0.0334 e. The first-order chi connectivity index (χ1) is 6.92. The minimum absolute atomic E-state index is 1.20. The van der Waals surface area contributed by atoms with Gasteiger partial charge in [0.25, 0.3) is 0 Å². The summed E-state index contributed by atoms with van der Waals surface area (Å²) in [7, 11) is 0. The Morgan fingerprint density at radius 1 is 1.43 bits per heavy atom. The monoisotopic (exact) mass is 204 g/mol. The Kier molecular flexibility index (Phi) is 3.20. The third-order valence-electron chi connectivity index (χ3n) is 2.57. The minimum atomic E-state index is 1.20. The van der Waals surface area contributed by atoms with Crippen molar-refractivity contribution in [3.05, 3.63) is 40.1 Å². The summed E-state index contributed by atoms with van der Waals surface area (Å²) in [5.74, 6) is 0. The van der Waals surface area contributed by atoms with E-state index in [-0.39, 0.29) is 0 Å². The molecule has 0 nitrogen and oxygen atoms in total. The van der Waals surface area contributed by atoms with Gasteiger partial charge < -0.3 is 0 Å².